The molecule has 2 aromatic heterocycles. The van der Waals surface area contributed by atoms with Crippen LogP contribution in [0.1, 0.15) is 18.9 Å². The largest absolute Gasteiger partial charge is 0.425 e. The van der Waals surface area contributed by atoms with Crippen LogP contribution in [0.2, 0.25) is 5.02 Å². The molecular weight excluding hydrogens is 404 g/mol. The maximum absolute atomic E-state index is 13.2. The van der Waals surface area contributed by atoms with Gasteiger partial charge in [-0.15, -0.1) is 0 Å². The molecule has 0 atom stereocenters. The van der Waals surface area contributed by atoms with Gasteiger partial charge in [-0.05, 0) is 36.2 Å². The Hall–Kier alpha value is -3.32. The number of benzene rings is 2. The molecule has 2 heterocycles. The van der Waals surface area contributed by atoms with E-state index in [2.05, 4.69) is 4.98 Å². The van der Waals surface area contributed by atoms with Crippen LogP contribution < -0.4 is 16.0 Å². The number of fused-ring (bicyclic) bond motifs is 1. The zero-order chi connectivity index (χ0) is 21.3. The second kappa shape index (κ2) is 8.20. The average Bonchev–Trinajstić information content (AvgIpc) is 3.10. The maximum Gasteiger partial charge on any atom is 0.332 e. The first-order valence-corrected chi connectivity index (χ1v) is 10.0. The highest BCUT2D eigenvalue weighted by Crippen LogP contribution is 2.25. The van der Waals surface area contributed by atoms with Gasteiger partial charge in [-0.3, -0.25) is 18.5 Å². The Morgan fingerprint density at radius 3 is 2.37 bits per heavy atom. The lowest BCUT2D eigenvalue weighted by atomic mass is 10.2. The van der Waals surface area contributed by atoms with E-state index < -0.39 is 5.69 Å². The lowest BCUT2D eigenvalue weighted by molar-refractivity contribution is 0.421. The Kier molecular flexibility index (Phi) is 5.46. The summed E-state index contributed by atoms with van der Waals surface area (Å²) in [7, 11) is 1.61. The van der Waals surface area contributed by atoms with Crippen LogP contribution in [0.3, 0.4) is 0 Å². The van der Waals surface area contributed by atoms with Gasteiger partial charge in [0.15, 0.2) is 11.2 Å². The Balaban J connectivity index is 1.95. The molecule has 0 fully saturated rings. The third-order valence-corrected chi connectivity index (χ3v) is 5.10. The van der Waals surface area contributed by atoms with Gasteiger partial charge in [0.25, 0.3) is 5.56 Å². The van der Waals surface area contributed by atoms with Crippen LogP contribution in [-0.4, -0.2) is 18.7 Å². The Morgan fingerprint density at radius 2 is 1.70 bits per heavy atom. The average molecular weight is 425 g/mol. The molecule has 0 bridgehead atoms. The number of hydrogen-bond donors (Lipinski definition) is 0. The highest BCUT2D eigenvalue weighted by atomic mass is 35.5. The molecule has 0 radical (unpaired) electrons. The molecular formula is C22H21ClN4O3. The molecule has 0 aliphatic carbocycles. The van der Waals surface area contributed by atoms with Gasteiger partial charge in [0.05, 0.1) is 6.54 Å². The van der Waals surface area contributed by atoms with Gasteiger partial charge < -0.3 is 4.74 Å². The maximum atomic E-state index is 13.2. The van der Waals surface area contributed by atoms with Crippen molar-refractivity contribution < 1.29 is 4.74 Å². The predicted molar refractivity (Wildman–Crippen MR) is 117 cm³/mol. The number of ether oxygens (including phenoxy) is 1. The number of rotatable bonds is 6. The number of aryl methyl sites for hydroxylation is 1. The first-order chi connectivity index (χ1) is 14.5. The lowest BCUT2D eigenvalue weighted by Crippen LogP contribution is -2.39. The Labute approximate surface area is 177 Å². The van der Waals surface area contributed by atoms with Crippen molar-refractivity contribution in [2.24, 2.45) is 7.05 Å². The normalized spacial score (nSPS) is 11.2. The van der Waals surface area contributed by atoms with Crippen molar-refractivity contribution in [2.75, 3.05) is 0 Å². The van der Waals surface area contributed by atoms with Gasteiger partial charge in [-0.2, -0.15) is 4.98 Å². The predicted octanol–water partition coefficient (Wildman–Crippen LogP) is 3.80. The number of halogens is 1. The Morgan fingerprint density at radius 1 is 1.00 bits per heavy atom. The van der Waals surface area contributed by atoms with E-state index in [0.717, 1.165) is 5.56 Å². The third kappa shape index (κ3) is 3.64. The van der Waals surface area contributed by atoms with Crippen molar-refractivity contribution >= 4 is 22.8 Å². The molecule has 0 spiro atoms. The van der Waals surface area contributed by atoms with Crippen molar-refractivity contribution in [3.05, 3.63) is 86.0 Å². The molecule has 0 N–H and O–H groups in total. The van der Waals surface area contributed by atoms with E-state index in [-0.39, 0.29) is 17.2 Å². The fourth-order valence-corrected chi connectivity index (χ4v) is 3.49. The molecule has 0 unspecified atom stereocenters. The van der Waals surface area contributed by atoms with Crippen molar-refractivity contribution in [3.8, 4) is 11.8 Å². The van der Waals surface area contributed by atoms with Crippen molar-refractivity contribution in [1.82, 2.24) is 18.7 Å². The minimum atomic E-state index is -0.392. The van der Waals surface area contributed by atoms with E-state index in [4.69, 9.17) is 16.3 Å². The number of hydrogen-bond acceptors (Lipinski definition) is 4. The van der Waals surface area contributed by atoms with Crippen LogP contribution in [0.4, 0.5) is 0 Å². The van der Waals surface area contributed by atoms with E-state index >= 15 is 0 Å². The van der Waals surface area contributed by atoms with E-state index in [1.807, 2.05) is 37.3 Å². The summed E-state index contributed by atoms with van der Waals surface area (Å²) >= 11 is 6.01. The monoisotopic (exact) mass is 424 g/mol. The molecule has 0 aliphatic heterocycles. The van der Waals surface area contributed by atoms with Gasteiger partial charge in [-0.25, -0.2) is 4.79 Å². The summed E-state index contributed by atoms with van der Waals surface area (Å²) in [6, 6.07) is 16.8. The number of nitrogens with zero attached hydrogens (tertiary/aromatic N) is 4. The zero-order valence-corrected chi connectivity index (χ0v) is 17.5. The van der Waals surface area contributed by atoms with Gasteiger partial charge in [-0.1, -0.05) is 48.9 Å². The van der Waals surface area contributed by atoms with E-state index in [0.29, 0.717) is 35.8 Å². The molecule has 0 saturated carbocycles. The summed E-state index contributed by atoms with van der Waals surface area (Å²) in [6.45, 7) is 2.60. The molecule has 7 nitrogen and oxygen atoms in total. The standard InChI is InChI=1S/C22H21ClN4O3/c1-3-13-26-20(28)18-19(25(2)22(26)29)24-21(30-17-7-5-4-6-8-17)27(18)14-15-9-11-16(23)12-10-15/h4-12H,3,13-14H2,1-2H3. The fourth-order valence-electron chi connectivity index (χ4n) is 3.36. The molecule has 0 saturated heterocycles. The zero-order valence-electron chi connectivity index (χ0n) is 16.7. The van der Waals surface area contributed by atoms with Crippen LogP contribution in [-0.2, 0) is 20.1 Å². The van der Waals surface area contributed by atoms with Gasteiger partial charge in [0.1, 0.15) is 5.75 Å². The number of aromatic nitrogens is 4. The number of para-hydroxylation sites is 1. The summed E-state index contributed by atoms with van der Waals surface area (Å²) < 4.78 is 10.3. The first-order valence-electron chi connectivity index (χ1n) is 9.67. The molecule has 4 rings (SSSR count). The van der Waals surface area contributed by atoms with E-state index in [9.17, 15) is 9.59 Å². The van der Waals surface area contributed by atoms with E-state index in [1.165, 1.54) is 9.13 Å². The van der Waals surface area contributed by atoms with Gasteiger partial charge >= 0.3 is 11.7 Å². The lowest BCUT2D eigenvalue weighted by Gasteiger charge is -2.11. The second-order valence-electron chi connectivity index (χ2n) is 6.99. The summed E-state index contributed by atoms with van der Waals surface area (Å²) in [5, 5.41) is 0.627. The first kappa shape index (κ1) is 20.0. The van der Waals surface area contributed by atoms with Gasteiger partial charge in [0, 0.05) is 18.6 Å². The molecule has 154 valence electrons. The molecule has 4 aromatic rings. The summed E-state index contributed by atoms with van der Waals surface area (Å²) in [4.78, 5) is 30.4. The molecule has 30 heavy (non-hydrogen) atoms. The van der Waals surface area contributed by atoms with Crippen LogP contribution in [0, 0.1) is 0 Å². The van der Waals surface area contributed by atoms with E-state index in [1.54, 1.807) is 35.9 Å². The fraction of sp³-hybridized carbons (Fsp3) is 0.227. The third-order valence-electron chi connectivity index (χ3n) is 4.85. The van der Waals surface area contributed by atoms with Crippen LogP contribution in [0.15, 0.2) is 64.2 Å². The topological polar surface area (TPSA) is 71.1 Å². The molecule has 0 aliphatic rings. The summed E-state index contributed by atoms with van der Waals surface area (Å²) in [6.07, 6.45) is 0.666. The molecule has 8 heteroatoms. The van der Waals surface area contributed by atoms with Crippen molar-refractivity contribution in [1.29, 1.82) is 0 Å². The van der Waals surface area contributed by atoms with Crippen molar-refractivity contribution in [2.45, 2.75) is 26.4 Å². The van der Waals surface area contributed by atoms with Crippen LogP contribution in [0.5, 0.6) is 11.8 Å². The van der Waals surface area contributed by atoms with Crippen molar-refractivity contribution in [3.63, 3.8) is 0 Å². The minimum absolute atomic E-state index is 0.243. The highest BCUT2D eigenvalue weighted by molar-refractivity contribution is 6.30. The molecule has 2 aromatic carbocycles. The minimum Gasteiger partial charge on any atom is -0.425 e. The quantitative estimate of drug-likeness (QED) is 0.472. The smallest absolute Gasteiger partial charge is 0.332 e. The summed E-state index contributed by atoms with van der Waals surface area (Å²) in [5.41, 5.74) is 0.770. The van der Waals surface area contributed by atoms with Gasteiger partial charge in [0.2, 0.25) is 0 Å². The molecule has 0 amide bonds. The SMILES string of the molecule is CCCn1c(=O)c2c(nc(Oc3ccccc3)n2Cc2ccc(Cl)cc2)n(C)c1=O. The Bertz CT molecular complexity index is 1300. The number of imidazole rings is 1. The highest BCUT2D eigenvalue weighted by Gasteiger charge is 2.21. The summed E-state index contributed by atoms with van der Waals surface area (Å²) in [5.74, 6) is 0.587. The van der Waals surface area contributed by atoms with Crippen LogP contribution >= 0.6 is 11.6 Å². The second-order valence-corrected chi connectivity index (χ2v) is 7.43. The van der Waals surface area contributed by atoms with Crippen LogP contribution in [0.25, 0.3) is 11.2 Å².